The third kappa shape index (κ3) is 22.5. The number of hydrogen-bond donors (Lipinski definition) is 0. The van der Waals surface area contributed by atoms with E-state index in [2.05, 4.69) is 20.8 Å². The van der Waals surface area contributed by atoms with Crippen molar-refractivity contribution in [2.45, 2.75) is 143 Å². The van der Waals surface area contributed by atoms with Gasteiger partial charge in [0.05, 0.1) is 13.0 Å². The minimum absolute atomic E-state index is 0.00787. The minimum atomic E-state index is -0.00787. The van der Waals surface area contributed by atoms with Crippen LogP contribution in [0.2, 0.25) is 0 Å². The van der Waals surface area contributed by atoms with Gasteiger partial charge in [-0.1, -0.05) is 117 Å². The van der Waals surface area contributed by atoms with Gasteiger partial charge in [0.15, 0.2) is 0 Å². The Hall–Kier alpha value is -0.180. The standard InChI is InChI=1S/C27H54O2S/c1-4-7-10-12-14-15-17-19-21-26(20-18-16-13-11-8-5-2)25-30-24-22-27(28)29-23-9-6-3/h26H,4-25H2,1-3H3. The zero-order chi connectivity index (χ0) is 22.1. The first-order chi connectivity index (χ1) is 14.7. The van der Waals surface area contributed by atoms with E-state index in [9.17, 15) is 4.79 Å². The molecule has 0 spiro atoms. The highest BCUT2D eigenvalue weighted by molar-refractivity contribution is 7.99. The molecule has 0 aromatic rings. The first-order valence-corrected chi connectivity index (χ1v) is 14.6. The zero-order valence-electron chi connectivity index (χ0n) is 20.9. The Kier molecular flexibility index (Phi) is 24.9. The molecule has 30 heavy (non-hydrogen) atoms. The molecule has 0 aromatic heterocycles. The largest absolute Gasteiger partial charge is 0.466 e. The molecule has 0 aliphatic carbocycles. The number of carbonyl (C=O) groups is 1. The fourth-order valence-corrected chi connectivity index (χ4v) is 5.04. The molecule has 0 amide bonds. The summed E-state index contributed by atoms with van der Waals surface area (Å²) in [5.74, 6) is 2.99. The van der Waals surface area contributed by atoms with Crippen LogP contribution in [0.1, 0.15) is 143 Å². The molecule has 2 nitrogen and oxygen atoms in total. The summed E-state index contributed by atoms with van der Waals surface area (Å²) >= 11 is 1.98. The second-order valence-electron chi connectivity index (χ2n) is 9.08. The van der Waals surface area contributed by atoms with Crippen LogP contribution in [-0.2, 0) is 9.53 Å². The van der Waals surface area contributed by atoms with Crippen molar-refractivity contribution in [2.75, 3.05) is 18.1 Å². The summed E-state index contributed by atoms with van der Waals surface area (Å²) < 4.78 is 5.28. The third-order valence-electron chi connectivity index (χ3n) is 6.00. The lowest BCUT2D eigenvalue weighted by Crippen LogP contribution is -2.09. The normalized spacial score (nSPS) is 12.2. The predicted molar refractivity (Wildman–Crippen MR) is 137 cm³/mol. The fraction of sp³-hybridized carbons (Fsp3) is 0.963. The Labute approximate surface area is 194 Å². The maximum atomic E-state index is 11.8. The number of hydrogen-bond acceptors (Lipinski definition) is 3. The van der Waals surface area contributed by atoms with Gasteiger partial charge in [-0.15, -0.1) is 0 Å². The SMILES string of the molecule is CCCCCCCCCCC(CCCCCCCC)CSCCC(=O)OCCCC. The van der Waals surface area contributed by atoms with Crippen molar-refractivity contribution in [3.63, 3.8) is 0 Å². The number of thioether (sulfide) groups is 1. The average molecular weight is 443 g/mol. The Bertz CT molecular complexity index is 346. The van der Waals surface area contributed by atoms with E-state index in [1.165, 1.54) is 108 Å². The molecule has 180 valence electrons. The Morgan fingerprint density at radius 1 is 0.667 bits per heavy atom. The fourth-order valence-electron chi connectivity index (χ4n) is 3.90. The van der Waals surface area contributed by atoms with Gasteiger partial charge in [0.2, 0.25) is 0 Å². The Morgan fingerprint density at radius 3 is 1.63 bits per heavy atom. The highest BCUT2D eigenvalue weighted by atomic mass is 32.2. The van der Waals surface area contributed by atoms with Crippen LogP contribution < -0.4 is 0 Å². The molecule has 0 aliphatic rings. The molecule has 0 N–H and O–H groups in total. The van der Waals surface area contributed by atoms with Crippen molar-refractivity contribution in [2.24, 2.45) is 5.92 Å². The van der Waals surface area contributed by atoms with Crippen LogP contribution in [0, 0.1) is 5.92 Å². The van der Waals surface area contributed by atoms with E-state index in [0.29, 0.717) is 13.0 Å². The summed E-state index contributed by atoms with van der Waals surface area (Å²) in [7, 11) is 0. The van der Waals surface area contributed by atoms with Crippen LogP contribution in [0.15, 0.2) is 0 Å². The van der Waals surface area contributed by atoms with E-state index < -0.39 is 0 Å². The van der Waals surface area contributed by atoms with Crippen molar-refractivity contribution in [3.05, 3.63) is 0 Å². The number of unbranched alkanes of at least 4 members (excludes halogenated alkanes) is 13. The lowest BCUT2D eigenvalue weighted by molar-refractivity contribution is -0.143. The van der Waals surface area contributed by atoms with Gasteiger partial charge in [-0.3, -0.25) is 4.79 Å². The molecular weight excluding hydrogens is 388 g/mol. The van der Waals surface area contributed by atoms with Crippen LogP contribution in [0.4, 0.5) is 0 Å². The maximum absolute atomic E-state index is 11.8. The molecule has 0 radical (unpaired) electrons. The summed E-state index contributed by atoms with van der Waals surface area (Å²) in [4.78, 5) is 11.8. The molecule has 0 bridgehead atoms. The third-order valence-corrected chi connectivity index (χ3v) is 7.20. The molecule has 1 unspecified atom stereocenters. The van der Waals surface area contributed by atoms with Crippen molar-refractivity contribution in [3.8, 4) is 0 Å². The van der Waals surface area contributed by atoms with Gasteiger partial charge >= 0.3 is 5.97 Å². The van der Waals surface area contributed by atoms with Crippen LogP contribution in [0.5, 0.6) is 0 Å². The van der Waals surface area contributed by atoms with Gasteiger partial charge in [-0.05, 0) is 30.9 Å². The molecule has 0 aliphatic heterocycles. The molecule has 3 heteroatoms. The summed E-state index contributed by atoms with van der Waals surface area (Å²) in [6.07, 6.45) is 25.0. The Balaban J connectivity index is 3.93. The average Bonchev–Trinajstić information content (AvgIpc) is 2.75. The van der Waals surface area contributed by atoms with Gasteiger partial charge in [-0.25, -0.2) is 0 Å². The van der Waals surface area contributed by atoms with E-state index in [-0.39, 0.29) is 5.97 Å². The summed E-state index contributed by atoms with van der Waals surface area (Å²) in [6.45, 7) is 7.30. The summed E-state index contributed by atoms with van der Waals surface area (Å²) in [5.41, 5.74) is 0. The molecule has 0 fully saturated rings. The zero-order valence-corrected chi connectivity index (χ0v) is 21.7. The van der Waals surface area contributed by atoms with Gasteiger partial charge in [0, 0.05) is 5.75 Å². The lowest BCUT2D eigenvalue weighted by Gasteiger charge is -2.17. The van der Waals surface area contributed by atoms with Crippen molar-refractivity contribution >= 4 is 17.7 Å². The quantitative estimate of drug-likeness (QED) is 0.110. The van der Waals surface area contributed by atoms with Gasteiger partial charge in [0.25, 0.3) is 0 Å². The van der Waals surface area contributed by atoms with Crippen molar-refractivity contribution < 1.29 is 9.53 Å². The second-order valence-corrected chi connectivity index (χ2v) is 10.2. The lowest BCUT2D eigenvalue weighted by atomic mass is 9.95. The molecular formula is C27H54O2S. The molecule has 0 saturated heterocycles. The molecule has 0 aromatic carbocycles. The van der Waals surface area contributed by atoms with Crippen molar-refractivity contribution in [1.82, 2.24) is 0 Å². The summed E-state index contributed by atoms with van der Waals surface area (Å²) in [6, 6.07) is 0. The molecule has 0 rings (SSSR count). The molecule has 1 atom stereocenters. The van der Waals surface area contributed by atoms with Crippen molar-refractivity contribution in [1.29, 1.82) is 0 Å². The van der Waals surface area contributed by atoms with E-state index >= 15 is 0 Å². The second kappa shape index (κ2) is 25.1. The van der Waals surface area contributed by atoms with Gasteiger partial charge < -0.3 is 4.74 Å². The van der Waals surface area contributed by atoms with Crippen LogP contribution >= 0.6 is 11.8 Å². The van der Waals surface area contributed by atoms with Crippen LogP contribution in [0.3, 0.4) is 0 Å². The van der Waals surface area contributed by atoms with Gasteiger partial charge in [-0.2, -0.15) is 11.8 Å². The van der Waals surface area contributed by atoms with Gasteiger partial charge in [0.1, 0.15) is 0 Å². The van der Waals surface area contributed by atoms with E-state index in [4.69, 9.17) is 4.74 Å². The Morgan fingerprint density at radius 2 is 1.13 bits per heavy atom. The predicted octanol–water partition coefficient (Wildman–Crippen LogP) is 9.35. The number of carbonyl (C=O) groups excluding carboxylic acids is 1. The van der Waals surface area contributed by atoms with Crippen LogP contribution in [-0.4, -0.2) is 24.1 Å². The minimum Gasteiger partial charge on any atom is -0.466 e. The number of esters is 1. The molecule has 0 saturated carbocycles. The highest BCUT2D eigenvalue weighted by Gasteiger charge is 2.10. The number of rotatable bonds is 24. The first kappa shape index (κ1) is 29.8. The summed E-state index contributed by atoms with van der Waals surface area (Å²) in [5, 5.41) is 0. The topological polar surface area (TPSA) is 26.3 Å². The smallest absolute Gasteiger partial charge is 0.306 e. The van der Waals surface area contributed by atoms with E-state index in [1.54, 1.807) is 0 Å². The molecule has 0 heterocycles. The van der Waals surface area contributed by atoms with E-state index in [1.807, 2.05) is 11.8 Å². The maximum Gasteiger partial charge on any atom is 0.306 e. The monoisotopic (exact) mass is 442 g/mol. The van der Waals surface area contributed by atoms with Crippen LogP contribution in [0.25, 0.3) is 0 Å². The highest BCUT2D eigenvalue weighted by Crippen LogP contribution is 2.23. The number of ether oxygens (including phenoxy) is 1. The first-order valence-electron chi connectivity index (χ1n) is 13.5. The van der Waals surface area contributed by atoms with E-state index in [0.717, 1.165) is 24.5 Å².